The number of H-pyrrole nitrogens is 1. The molecular formula is C16H22ClN3O2. The van der Waals surface area contributed by atoms with Crippen LogP contribution >= 0.6 is 12.4 Å². The van der Waals surface area contributed by atoms with E-state index in [0.29, 0.717) is 6.61 Å². The Hall–Kier alpha value is -1.72. The van der Waals surface area contributed by atoms with Gasteiger partial charge in [0.05, 0.1) is 19.4 Å². The highest BCUT2D eigenvalue weighted by Crippen LogP contribution is 2.32. The van der Waals surface area contributed by atoms with Gasteiger partial charge in [0.15, 0.2) is 11.5 Å². The number of fused-ring (bicyclic) bond motifs is 1. The predicted octanol–water partition coefficient (Wildman–Crippen LogP) is 3.15. The van der Waals surface area contributed by atoms with E-state index in [4.69, 9.17) is 9.47 Å². The van der Waals surface area contributed by atoms with Gasteiger partial charge in [0.25, 0.3) is 0 Å². The summed E-state index contributed by atoms with van der Waals surface area (Å²) in [6.07, 6.45) is 2.79. The average Bonchev–Trinajstić information content (AvgIpc) is 2.76. The standard InChI is InChI=1S/C16H21N3O2.ClH/c1-11(17-9-14-10-18-19-12(14)2)13-4-5-15-16(8-13)21-7-3-6-20-15;/h4-5,8,10-11,17H,3,6-7,9H2,1-2H3,(H,18,19);1H. The highest BCUT2D eigenvalue weighted by Gasteiger charge is 2.13. The zero-order chi connectivity index (χ0) is 14.7. The first-order chi connectivity index (χ1) is 10.2. The summed E-state index contributed by atoms with van der Waals surface area (Å²) < 4.78 is 11.4. The Morgan fingerprint density at radius 2 is 2.05 bits per heavy atom. The molecule has 22 heavy (non-hydrogen) atoms. The number of rotatable bonds is 4. The van der Waals surface area contributed by atoms with Gasteiger partial charge in [-0.15, -0.1) is 12.4 Å². The monoisotopic (exact) mass is 323 g/mol. The van der Waals surface area contributed by atoms with E-state index in [1.165, 1.54) is 11.1 Å². The van der Waals surface area contributed by atoms with Crippen molar-refractivity contribution in [1.82, 2.24) is 15.5 Å². The number of benzene rings is 1. The number of nitrogens with one attached hydrogen (secondary N) is 2. The van der Waals surface area contributed by atoms with Gasteiger partial charge in [-0.3, -0.25) is 5.10 Å². The van der Waals surface area contributed by atoms with Crippen molar-refractivity contribution in [3.63, 3.8) is 0 Å². The molecular weight excluding hydrogens is 302 g/mol. The minimum atomic E-state index is 0. The second-order valence-corrected chi connectivity index (χ2v) is 5.38. The molecule has 2 N–H and O–H groups in total. The van der Waals surface area contributed by atoms with Gasteiger partial charge in [-0.2, -0.15) is 5.10 Å². The third kappa shape index (κ3) is 3.72. The van der Waals surface area contributed by atoms with Gasteiger partial charge < -0.3 is 14.8 Å². The lowest BCUT2D eigenvalue weighted by Crippen LogP contribution is -2.18. The Balaban J connectivity index is 0.00000176. The number of aromatic amines is 1. The maximum Gasteiger partial charge on any atom is 0.161 e. The molecule has 0 amide bonds. The molecule has 5 nitrogen and oxygen atoms in total. The number of ether oxygens (including phenoxy) is 2. The van der Waals surface area contributed by atoms with E-state index in [1.807, 2.05) is 19.2 Å². The van der Waals surface area contributed by atoms with E-state index in [0.717, 1.165) is 36.8 Å². The molecule has 0 aliphatic carbocycles. The summed E-state index contributed by atoms with van der Waals surface area (Å²) in [7, 11) is 0. The van der Waals surface area contributed by atoms with E-state index in [-0.39, 0.29) is 18.4 Å². The summed E-state index contributed by atoms with van der Waals surface area (Å²) >= 11 is 0. The summed E-state index contributed by atoms with van der Waals surface area (Å²) in [5, 5.41) is 10.5. The third-order valence-corrected chi connectivity index (χ3v) is 3.80. The molecule has 1 atom stereocenters. The maximum absolute atomic E-state index is 5.74. The molecule has 0 spiro atoms. The highest BCUT2D eigenvalue weighted by molar-refractivity contribution is 5.85. The van der Waals surface area contributed by atoms with Gasteiger partial charge in [0.1, 0.15) is 0 Å². The van der Waals surface area contributed by atoms with Crippen molar-refractivity contribution in [2.24, 2.45) is 0 Å². The Bertz CT molecular complexity index is 615. The first-order valence-corrected chi connectivity index (χ1v) is 7.36. The van der Waals surface area contributed by atoms with Crippen LogP contribution in [0.1, 0.15) is 36.2 Å². The molecule has 1 aromatic carbocycles. The lowest BCUT2D eigenvalue weighted by Gasteiger charge is -2.16. The Labute approximate surface area is 136 Å². The van der Waals surface area contributed by atoms with Gasteiger partial charge in [-0.1, -0.05) is 6.07 Å². The Morgan fingerprint density at radius 3 is 2.77 bits per heavy atom. The van der Waals surface area contributed by atoms with Crippen LogP contribution in [0.2, 0.25) is 0 Å². The molecule has 6 heteroatoms. The number of hydrogen-bond acceptors (Lipinski definition) is 4. The summed E-state index contributed by atoms with van der Waals surface area (Å²) in [5.41, 5.74) is 3.49. The average molecular weight is 324 g/mol. The molecule has 2 aromatic rings. The zero-order valence-electron chi connectivity index (χ0n) is 12.9. The van der Waals surface area contributed by atoms with Crippen molar-refractivity contribution >= 4 is 12.4 Å². The molecule has 0 saturated carbocycles. The van der Waals surface area contributed by atoms with Crippen LogP contribution in [0.3, 0.4) is 0 Å². The van der Waals surface area contributed by atoms with Gasteiger partial charge in [-0.25, -0.2) is 0 Å². The fourth-order valence-corrected chi connectivity index (χ4v) is 2.38. The van der Waals surface area contributed by atoms with E-state index < -0.39 is 0 Å². The molecule has 0 fully saturated rings. The van der Waals surface area contributed by atoms with Gasteiger partial charge in [-0.05, 0) is 31.5 Å². The van der Waals surface area contributed by atoms with Gasteiger partial charge in [0.2, 0.25) is 0 Å². The van der Waals surface area contributed by atoms with Crippen LogP contribution in [0.4, 0.5) is 0 Å². The molecule has 1 aliphatic rings. The molecule has 1 unspecified atom stereocenters. The fraction of sp³-hybridized carbons (Fsp3) is 0.438. The van der Waals surface area contributed by atoms with Crippen molar-refractivity contribution < 1.29 is 9.47 Å². The molecule has 1 aromatic heterocycles. The summed E-state index contributed by atoms with van der Waals surface area (Å²) in [4.78, 5) is 0. The largest absolute Gasteiger partial charge is 0.490 e. The van der Waals surface area contributed by atoms with Crippen LogP contribution in [-0.4, -0.2) is 23.4 Å². The van der Waals surface area contributed by atoms with Crippen LogP contribution in [0.5, 0.6) is 11.5 Å². The quantitative estimate of drug-likeness (QED) is 0.907. The molecule has 3 rings (SSSR count). The van der Waals surface area contributed by atoms with Crippen LogP contribution < -0.4 is 14.8 Å². The molecule has 120 valence electrons. The number of hydrogen-bond donors (Lipinski definition) is 2. The zero-order valence-corrected chi connectivity index (χ0v) is 13.7. The molecule has 0 radical (unpaired) electrons. The first kappa shape index (κ1) is 16.6. The normalized spacial score (nSPS) is 14.8. The molecule has 0 bridgehead atoms. The summed E-state index contributed by atoms with van der Waals surface area (Å²) in [5.74, 6) is 1.69. The van der Waals surface area contributed by atoms with Gasteiger partial charge in [0, 0.05) is 30.3 Å². The minimum absolute atomic E-state index is 0. The van der Waals surface area contributed by atoms with Crippen LogP contribution in [0.15, 0.2) is 24.4 Å². The van der Waals surface area contributed by atoms with Crippen molar-refractivity contribution in [2.75, 3.05) is 13.2 Å². The first-order valence-electron chi connectivity index (χ1n) is 7.36. The lowest BCUT2D eigenvalue weighted by molar-refractivity contribution is 0.297. The van der Waals surface area contributed by atoms with E-state index in [1.54, 1.807) is 0 Å². The number of nitrogens with zero attached hydrogens (tertiary/aromatic N) is 1. The smallest absolute Gasteiger partial charge is 0.161 e. The minimum Gasteiger partial charge on any atom is -0.490 e. The van der Waals surface area contributed by atoms with E-state index >= 15 is 0 Å². The van der Waals surface area contributed by atoms with Gasteiger partial charge >= 0.3 is 0 Å². The maximum atomic E-state index is 5.74. The lowest BCUT2D eigenvalue weighted by atomic mass is 10.1. The van der Waals surface area contributed by atoms with Crippen molar-refractivity contribution in [1.29, 1.82) is 0 Å². The van der Waals surface area contributed by atoms with E-state index in [9.17, 15) is 0 Å². The van der Waals surface area contributed by atoms with Crippen LogP contribution in [-0.2, 0) is 6.54 Å². The van der Waals surface area contributed by atoms with Crippen molar-refractivity contribution in [3.05, 3.63) is 41.2 Å². The predicted molar refractivity (Wildman–Crippen MR) is 87.9 cm³/mol. The topological polar surface area (TPSA) is 59.2 Å². The van der Waals surface area contributed by atoms with Crippen molar-refractivity contribution in [2.45, 2.75) is 32.9 Å². The summed E-state index contributed by atoms with van der Waals surface area (Å²) in [6.45, 7) is 6.40. The molecule has 1 aliphatic heterocycles. The molecule has 0 saturated heterocycles. The third-order valence-electron chi connectivity index (χ3n) is 3.80. The Morgan fingerprint density at radius 1 is 1.27 bits per heavy atom. The summed E-state index contributed by atoms with van der Waals surface area (Å²) in [6, 6.07) is 6.39. The second kappa shape index (κ2) is 7.51. The Kier molecular flexibility index (Phi) is 5.69. The SMILES string of the molecule is Cc1[nH]ncc1CNC(C)c1ccc2c(c1)OCCCO2.Cl. The number of halogens is 1. The molecule has 2 heterocycles. The number of aromatic nitrogens is 2. The number of aryl methyl sites for hydroxylation is 1. The van der Waals surface area contributed by atoms with Crippen molar-refractivity contribution in [3.8, 4) is 11.5 Å². The van der Waals surface area contributed by atoms with E-state index in [2.05, 4.69) is 34.6 Å². The van der Waals surface area contributed by atoms with Crippen LogP contribution in [0, 0.1) is 6.92 Å². The second-order valence-electron chi connectivity index (χ2n) is 5.38. The van der Waals surface area contributed by atoms with Crippen LogP contribution in [0.25, 0.3) is 0 Å². The fourth-order valence-electron chi connectivity index (χ4n) is 2.38. The highest BCUT2D eigenvalue weighted by atomic mass is 35.5.